The van der Waals surface area contributed by atoms with E-state index in [9.17, 15) is 14.0 Å². The van der Waals surface area contributed by atoms with Gasteiger partial charge in [0.1, 0.15) is 11.9 Å². The molecule has 1 aliphatic rings. The van der Waals surface area contributed by atoms with Gasteiger partial charge in [0.2, 0.25) is 5.91 Å². The lowest BCUT2D eigenvalue weighted by atomic mass is 9.92. The summed E-state index contributed by atoms with van der Waals surface area (Å²) in [5.74, 6) is 0.704. The minimum atomic E-state index is -0.589. The fourth-order valence-electron chi connectivity index (χ4n) is 3.67. The van der Waals surface area contributed by atoms with Gasteiger partial charge in [-0.15, -0.1) is 0 Å². The third-order valence-corrected chi connectivity index (χ3v) is 5.17. The second-order valence-corrected chi connectivity index (χ2v) is 7.46. The van der Waals surface area contributed by atoms with Crippen LogP contribution in [0.15, 0.2) is 42.5 Å². The van der Waals surface area contributed by atoms with Gasteiger partial charge in [-0.25, -0.2) is 9.18 Å². The van der Waals surface area contributed by atoms with Crippen molar-refractivity contribution in [3.05, 3.63) is 53.8 Å². The summed E-state index contributed by atoms with van der Waals surface area (Å²) in [6, 6.07) is 10.8. The third-order valence-electron chi connectivity index (χ3n) is 5.17. The lowest BCUT2D eigenvalue weighted by Gasteiger charge is -2.29. The number of amides is 2. The highest BCUT2D eigenvalue weighted by atomic mass is 19.1. The molecule has 1 fully saturated rings. The van der Waals surface area contributed by atoms with Crippen molar-refractivity contribution in [2.45, 2.75) is 44.2 Å². The van der Waals surface area contributed by atoms with E-state index < -0.39 is 6.09 Å². The fourth-order valence-corrected chi connectivity index (χ4v) is 3.67. The van der Waals surface area contributed by atoms with Crippen molar-refractivity contribution in [3.63, 3.8) is 0 Å². The van der Waals surface area contributed by atoms with Crippen LogP contribution in [-0.2, 0) is 16.0 Å². The number of hydrogen-bond donors (Lipinski definition) is 2. The summed E-state index contributed by atoms with van der Waals surface area (Å²) in [4.78, 5) is 24.6. The molecule has 0 unspecified atom stereocenters. The van der Waals surface area contributed by atoms with Gasteiger partial charge in [-0.1, -0.05) is 6.07 Å². The first kappa shape index (κ1) is 22.4. The van der Waals surface area contributed by atoms with Crippen LogP contribution in [0.2, 0.25) is 0 Å². The average molecular weight is 430 g/mol. The molecule has 1 saturated carbocycles. The van der Waals surface area contributed by atoms with Crippen LogP contribution in [-0.4, -0.2) is 38.4 Å². The molecule has 2 atom stereocenters. The lowest BCUT2D eigenvalue weighted by Crippen LogP contribution is -2.41. The summed E-state index contributed by atoms with van der Waals surface area (Å²) in [6.07, 6.45) is 2.29. The van der Waals surface area contributed by atoms with Crippen molar-refractivity contribution < 1.29 is 28.2 Å². The molecule has 2 N–H and O–H groups in total. The predicted octanol–water partition coefficient (Wildman–Crippen LogP) is 4.06. The van der Waals surface area contributed by atoms with E-state index in [4.69, 9.17) is 14.2 Å². The Balaban J connectivity index is 1.48. The molecule has 166 valence electrons. The number of anilines is 1. The highest BCUT2D eigenvalue weighted by Gasteiger charge is 2.26. The van der Waals surface area contributed by atoms with Crippen LogP contribution in [0, 0.1) is 5.82 Å². The minimum Gasteiger partial charge on any atom is -0.493 e. The van der Waals surface area contributed by atoms with Crippen LogP contribution in [0.5, 0.6) is 11.5 Å². The minimum absolute atomic E-state index is 0.0648. The summed E-state index contributed by atoms with van der Waals surface area (Å²) in [5, 5.41) is 5.62. The van der Waals surface area contributed by atoms with Crippen molar-refractivity contribution in [2.24, 2.45) is 0 Å². The summed E-state index contributed by atoms with van der Waals surface area (Å²) in [7, 11) is 3.11. The molecule has 8 heteroatoms. The monoisotopic (exact) mass is 430 g/mol. The Hall–Kier alpha value is -3.29. The first-order valence-corrected chi connectivity index (χ1v) is 10.2. The largest absolute Gasteiger partial charge is 0.493 e. The SMILES string of the molecule is COc1ccc(CC(=O)N[C@H]2CCC[C@H](OC(=O)Nc3ccc(F)cc3)C2)cc1OC. The van der Waals surface area contributed by atoms with E-state index in [0.717, 1.165) is 24.8 Å². The van der Waals surface area contributed by atoms with Crippen LogP contribution < -0.4 is 20.1 Å². The van der Waals surface area contributed by atoms with E-state index >= 15 is 0 Å². The summed E-state index contributed by atoms with van der Waals surface area (Å²) < 4.78 is 28.9. The third kappa shape index (κ3) is 6.60. The predicted molar refractivity (Wildman–Crippen MR) is 114 cm³/mol. The molecule has 2 amide bonds. The zero-order valence-electron chi connectivity index (χ0n) is 17.7. The normalized spacial score (nSPS) is 18.0. The first-order chi connectivity index (χ1) is 15.0. The van der Waals surface area contributed by atoms with Crippen molar-refractivity contribution in [2.75, 3.05) is 19.5 Å². The number of carbonyl (C=O) groups excluding carboxylic acids is 2. The van der Waals surface area contributed by atoms with E-state index in [1.165, 1.54) is 24.3 Å². The van der Waals surface area contributed by atoms with Gasteiger partial charge in [-0.2, -0.15) is 0 Å². The highest BCUT2D eigenvalue weighted by molar-refractivity contribution is 5.84. The maximum Gasteiger partial charge on any atom is 0.411 e. The number of hydrogen-bond acceptors (Lipinski definition) is 5. The smallest absolute Gasteiger partial charge is 0.411 e. The molecule has 1 aliphatic carbocycles. The Morgan fingerprint density at radius 1 is 1.03 bits per heavy atom. The van der Waals surface area contributed by atoms with Gasteiger partial charge < -0.3 is 19.5 Å². The Morgan fingerprint density at radius 3 is 2.48 bits per heavy atom. The van der Waals surface area contributed by atoms with Gasteiger partial charge in [0.25, 0.3) is 0 Å². The molecule has 0 aliphatic heterocycles. The summed E-state index contributed by atoms with van der Waals surface area (Å²) in [6.45, 7) is 0. The number of methoxy groups -OCH3 is 2. The van der Waals surface area contributed by atoms with Crippen LogP contribution in [0.1, 0.15) is 31.2 Å². The average Bonchev–Trinajstić information content (AvgIpc) is 2.75. The summed E-state index contributed by atoms with van der Waals surface area (Å²) >= 11 is 0. The second-order valence-electron chi connectivity index (χ2n) is 7.46. The Morgan fingerprint density at radius 2 is 1.77 bits per heavy atom. The van der Waals surface area contributed by atoms with Gasteiger partial charge in [-0.3, -0.25) is 10.1 Å². The first-order valence-electron chi connectivity index (χ1n) is 10.2. The Labute approximate surface area is 180 Å². The number of carbonyl (C=O) groups is 2. The zero-order valence-corrected chi connectivity index (χ0v) is 17.7. The van der Waals surface area contributed by atoms with Crippen molar-refractivity contribution in [3.8, 4) is 11.5 Å². The number of benzene rings is 2. The van der Waals surface area contributed by atoms with Crippen LogP contribution in [0.25, 0.3) is 0 Å². The number of rotatable bonds is 7. The molecule has 0 spiro atoms. The summed E-state index contributed by atoms with van der Waals surface area (Å²) in [5.41, 5.74) is 1.28. The van der Waals surface area contributed by atoms with Crippen LogP contribution in [0.4, 0.5) is 14.9 Å². The molecule has 31 heavy (non-hydrogen) atoms. The van der Waals surface area contributed by atoms with Crippen LogP contribution in [0.3, 0.4) is 0 Å². The van der Waals surface area contributed by atoms with Gasteiger partial charge in [0.05, 0.1) is 20.6 Å². The van der Waals surface area contributed by atoms with E-state index in [0.29, 0.717) is 23.6 Å². The molecule has 0 radical (unpaired) electrons. The molecular weight excluding hydrogens is 403 g/mol. The van der Waals surface area contributed by atoms with Gasteiger partial charge >= 0.3 is 6.09 Å². The fraction of sp³-hybridized carbons (Fsp3) is 0.391. The van der Waals surface area contributed by atoms with E-state index in [2.05, 4.69) is 10.6 Å². The van der Waals surface area contributed by atoms with Crippen LogP contribution >= 0.6 is 0 Å². The molecule has 3 rings (SSSR count). The Kier molecular flexibility index (Phi) is 7.70. The molecule has 0 heterocycles. The standard InChI is InChI=1S/C23H27FN2O5/c1-29-20-11-6-15(12-21(20)30-2)13-22(27)25-18-4-3-5-19(14-18)31-23(28)26-17-9-7-16(24)8-10-17/h6-12,18-19H,3-5,13-14H2,1-2H3,(H,25,27)(H,26,28)/t18-,19-/m0/s1. The maximum atomic E-state index is 13.0. The highest BCUT2D eigenvalue weighted by Crippen LogP contribution is 2.28. The topological polar surface area (TPSA) is 85.9 Å². The van der Waals surface area contributed by atoms with E-state index in [-0.39, 0.29) is 30.3 Å². The van der Waals surface area contributed by atoms with E-state index in [1.807, 2.05) is 6.07 Å². The molecule has 0 bridgehead atoms. The lowest BCUT2D eigenvalue weighted by molar-refractivity contribution is -0.121. The van der Waals surface area contributed by atoms with Gasteiger partial charge in [0, 0.05) is 18.2 Å². The van der Waals surface area contributed by atoms with Gasteiger partial charge in [-0.05, 0) is 61.2 Å². The second kappa shape index (κ2) is 10.7. The zero-order chi connectivity index (χ0) is 22.2. The number of nitrogens with one attached hydrogen (secondary N) is 2. The number of ether oxygens (including phenoxy) is 3. The molecule has 0 saturated heterocycles. The van der Waals surface area contributed by atoms with Gasteiger partial charge in [0.15, 0.2) is 11.5 Å². The molecule has 2 aromatic rings. The number of halogens is 1. The maximum absolute atomic E-state index is 13.0. The van der Waals surface area contributed by atoms with E-state index in [1.54, 1.807) is 26.4 Å². The quantitative estimate of drug-likeness (QED) is 0.692. The molecule has 2 aromatic carbocycles. The Bertz CT molecular complexity index is 903. The van der Waals surface area contributed by atoms with Crippen molar-refractivity contribution in [1.29, 1.82) is 0 Å². The molecule has 0 aromatic heterocycles. The van der Waals surface area contributed by atoms with Crippen molar-refractivity contribution in [1.82, 2.24) is 5.32 Å². The molecular formula is C23H27FN2O5. The molecule has 7 nitrogen and oxygen atoms in total. The van der Waals surface area contributed by atoms with Crippen molar-refractivity contribution >= 4 is 17.7 Å².